The van der Waals surface area contributed by atoms with Crippen LogP contribution in [0.15, 0.2) is 58.3 Å². The van der Waals surface area contributed by atoms with Gasteiger partial charge in [-0.3, -0.25) is 13.9 Å². The largest absolute Gasteiger partial charge is 0.506 e. The summed E-state index contributed by atoms with van der Waals surface area (Å²) in [5.74, 6) is -0.767. The average molecular weight is 433 g/mol. The maximum atomic E-state index is 12.6. The normalized spacial score (nSPS) is 14.5. The van der Waals surface area contributed by atoms with Crippen LogP contribution >= 0.6 is 0 Å². The standard InChI is InChI=1S/C18H11NO8S2/c20-17-10-3-1-2-4-11(10)18(21)16(17)12-6-5-9-7-14(28(22,23)24)15(29(25,26)27)8-13(9)19-12/h1-8,20H,(H,22,23,24)(H,25,26,27). The first kappa shape index (κ1) is 19.2. The summed E-state index contributed by atoms with van der Waals surface area (Å²) >= 11 is 0. The lowest BCUT2D eigenvalue weighted by atomic mass is 10.1. The van der Waals surface area contributed by atoms with Gasteiger partial charge in [-0.1, -0.05) is 30.3 Å². The summed E-state index contributed by atoms with van der Waals surface area (Å²) < 4.78 is 64.8. The van der Waals surface area contributed by atoms with Crippen molar-refractivity contribution >= 4 is 48.3 Å². The second kappa shape index (κ2) is 6.19. The molecule has 148 valence electrons. The molecular formula is C18H11NO8S2. The van der Waals surface area contributed by atoms with Crippen LogP contribution in [0.3, 0.4) is 0 Å². The van der Waals surface area contributed by atoms with Gasteiger partial charge in [0.25, 0.3) is 20.2 Å². The molecule has 0 aliphatic heterocycles. The number of allylic oxidation sites excluding steroid dienone is 1. The lowest BCUT2D eigenvalue weighted by Crippen LogP contribution is -2.09. The summed E-state index contributed by atoms with van der Waals surface area (Å²) in [7, 11) is -9.97. The highest BCUT2D eigenvalue weighted by Gasteiger charge is 2.31. The third-order valence-electron chi connectivity index (χ3n) is 4.46. The van der Waals surface area contributed by atoms with E-state index < -0.39 is 35.8 Å². The molecule has 0 atom stereocenters. The van der Waals surface area contributed by atoms with E-state index in [0.29, 0.717) is 5.56 Å². The number of aliphatic hydroxyl groups excluding tert-OH is 1. The number of carbonyl (C=O) groups is 1. The third kappa shape index (κ3) is 3.09. The Morgan fingerprint density at radius 3 is 1.97 bits per heavy atom. The zero-order valence-electron chi connectivity index (χ0n) is 14.3. The first-order valence-corrected chi connectivity index (χ1v) is 10.8. The van der Waals surface area contributed by atoms with E-state index in [9.17, 15) is 35.8 Å². The minimum atomic E-state index is -5.01. The minimum absolute atomic E-state index is 0.0251. The molecule has 0 amide bonds. The van der Waals surface area contributed by atoms with Crippen LogP contribution in [0.4, 0.5) is 0 Å². The van der Waals surface area contributed by atoms with Gasteiger partial charge in [0.15, 0.2) is 5.78 Å². The van der Waals surface area contributed by atoms with Gasteiger partial charge in [-0.15, -0.1) is 0 Å². The summed E-state index contributed by atoms with van der Waals surface area (Å²) in [6.45, 7) is 0. The topological polar surface area (TPSA) is 159 Å². The Balaban J connectivity index is 1.97. The van der Waals surface area contributed by atoms with Gasteiger partial charge in [-0.2, -0.15) is 16.8 Å². The predicted molar refractivity (Wildman–Crippen MR) is 102 cm³/mol. The molecule has 1 aromatic heterocycles. The zero-order valence-corrected chi connectivity index (χ0v) is 15.9. The van der Waals surface area contributed by atoms with Gasteiger partial charge >= 0.3 is 0 Å². The number of aliphatic hydroxyl groups is 1. The number of pyridine rings is 1. The molecule has 0 saturated heterocycles. The van der Waals surface area contributed by atoms with E-state index in [4.69, 9.17) is 0 Å². The number of aromatic nitrogens is 1. The summed E-state index contributed by atoms with van der Waals surface area (Å²) in [5.41, 5.74) is 0.459. The van der Waals surface area contributed by atoms with Crippen LogP contribution in [-0.4, -0.2) is 41.8 Å². The smallest absolute Gasteiger partial charge is 0.295 e. The lowest BCUT2D eigenvalue weighted by Gasteiger charge is -2.08. The van der Waals surface area contributed by atoms with Crippen molar-refractivity contribution in [3.05, 3.63) is 65.4 Å². The van der Waals surface area contributed by atoms with Gasteiger partial charge < -0.3 is 5.11 Å². The Bertz CT molecular complexity index is 1470. The van der Waals surface area contributed by atoms with Crippen molar-refractivity contribution < 1.29 is 35.8 Å². The maximum Gasteiger partial charge on any atom is 0.295 e. The molecule has 1 aliphatic carbocycles. The molecule has 4 rings (SSSR count). The van der Waals surface area contributed by atoms with Crippen LogP contribution in [0.2, 0.25) is 0 Å². The molecule has 3 N–H and O–H groups in total. The number of hydrogen-bond donors (Lipinski definition) is 3. The molecule has 0 fully saturated rings. The number of hydrogen-bond acceptors (Lipinski definition) is 7. The fourth-order valence-electron chi connectivity index (χ4n) is 3.18. The molecule has 1 aliphatic rings. The Morgan fingerprint density at radius 1 is 0.793 bits per heavy atom. The number of carbonyl (C=O) groups excluding carboxylic acids is 1. The summed E-state index contributed by atoms with van der Waals surface area (Å²) in [6.07, 6.45) is 0. The van der Waals surface area contributed by atoms with Crippen molar-refractivity contribution in [1.82, 2.24) is 4.98 Å². The van der Waals surface area contributed by atoms with Crippen LogP contribution in [0.25, 0.3) is 22.2 Å². The number of ketones is 1. The van der Waals surface area contributed by atoms with E-state index in [2.05, 4.69) is 4.98 Å². The van der Waals surface area contributed by atoms with Crippen LogP contribution < -0.4 is 0 Å². The number of Topliss-reactive ketones (excluding diaryl/α,β-unsaturated/α-hetero) is 1. The van der Waals surface area contributed by atoms with Crippen LogP contribution in [-0.2, 0) is 20.2 Å². The highest BCUT2D eigenvalue weighted by atomic mass is 32.2. The number of nitrogens with zero attached hydrogens (tertiary/aromatic N) is 1. The fourth-order valence-corrected chi connectivity index (χ4v) is 4.97. The Morgan fingerprint density at radius 2 is 1.38 bits per heavy atom. The van der Waals surface area contributed by atoms with Crippen molar-refractivity contribution in [2.45, 2.75) is 9.79 Å². The molecule has 0 bridgehead atoms. The molecule has 0 saturated carbocycles. The molecule has 1 heterocycles. The molecule has 0 unspecified atom stereocenters. The number of benzene rings is 2. The van der Waals surface area contributed by atoms with Crippen molar-refractivity contribution in [3.63, 3.8) is 0 Å². The van der Waals surface area contributed by atoms with Gasteiger partial charge in [0.05, 0.1) is 16.8 Å². The van der Waals surface area contributed by atoms with Crippen LogP contribution in [0, 0.1) is 0 Å². The Kier molecular flexibility index (Phi) is 4.10. The third-order valence-corrected chi connectivity index (χ3v) is 6.37. The second-order valence-corrected chi connectivity index (χ2v) is 9.02. The predicted octanol–water partition coefficient (Wildman–Crippen LogP) is 2.35. The van der Waals surface area contributed by atoms with Crippen molar-refractivity contribution in [2.75, 3.05) is 0 Å². The zero-order chi connectivity index (χ0) is 21.1. The lowest BCUT2D eigenvalue weighted by molar-refractivity contribution is 0.105. The van der Waals surface area contributed by atoms with Crippen molar-refractivity contribution in [2.24, 2.45) is 0 Å². The van der Waals surface area contributed by atoms with E-state index in [1.165, 1.54) is 18.2 Å². The highest BCUT2D eigenvalue weighted by Crippen LogP contribution is 2.37. The Labute approximate surface area is 164 Å². The van der Waals surface area contributed by atoms with E-state index in [1.807, 2.05) is 0 Å². The van der Waals surface area contributed by atoms with Crippen molar-refractivity contribution in [3.8, 4) is 0 Å². The highest BCUT2D eigenvalue weighted by molar-refractivity contribution is 7.89. The SMILES string of the molecule is O=C1C(c2ccc3cc(S(=O)(=O)O)c(S(=O)(=O)O)cc3n2)=C(O)c2ccccc21. The monoisotopic (exact) mass is 433 g/mol. The van der Waals surface area contributed by atoms with E-state index in [0.717, 1.165) is 12.1 Å². The molecule has 2 aromatic carbocycles. The summed E-state index contributed by atoms with van der Waals surface area (Å²) in [6, 6.07) is 10.7. The number of rotatable bonds is 3. The first-order chi connectivity index (χ1) is 13.5. The first-order valence-electron chi connectivity index (χ1n) is 7.96. The maximum absolute atomic E-state index is 12.6. The van der Waals surface area contributed by atoms with Crippen LogP contribution in [0.5, 0.6) is 0 Å². The van der Waals surface area contributed by atoms with E-state index in [-0.39, 0.29) is 33.5 Å². The van der Waals surface area contributed by atoms with Gasteiger partial charge in [-0.25, -0.2) is 4.98 Å². The van der Waals surface area contributed by atoms with Gasteiger partial charge in [0.1, 0.15) is 15.6 Å². The molecule has 0 radical (unpaired) electrons. The molecule has 11 heteroatoms. The summed E-state index contributed by atoms with van der Waals surface area (Å²) in [5, 5.41) is 10.6. The minimum Gasteiger partial charge on any atom is -0.506 e. The summed E-state index contributed by atoms with van der Waals surface area (Å²) in [4.78, 5) is 14.7. The molecule has 0 spiro atoms. The van der Waals surface area contributed by atoms with Crippen LogP contribution in [0.1, 0.15) is 21.6 Å². The molecular weight excluding hydrogens is 422 g/mol. The Hall–Kier alpha value is -3.12. The van der Waals surface area contributed by atoms with E-state index in [1.54, 1.807) is 18.2 Å². The van der Waals surface area contributed by atoms with Gasteiger partial charge in [0, 0.05) is 16.5 Å². The van der Waals surface area contributed by atoms with Gasteiger partial charge in [0.2, 0.25) is 0 Å². The van der Waals surface area contributed by atoms with Gasteiger partial charge in [-0.05, 0) is 18.2 Å². The fraction of sp³-hybridized carbons (Fsp3) is 0. The van der Waals surface area contributed by atoms with E-state index >= 15 is 0 Å². The second-order valence-electron chi connectivity index (χ2n) is 6.24. The van der Waals surface area contributed by atoms with Crippen molar-refractivity contribution in [1.29, 1.82) is 0 Å². The average Bonchev–Trinajstić information content (AvgIpc) is 2.90. The molecule has 9 nitrogen and oxygen atoms in total. The molecule has 29 heavy (non-hydrogen) atoms. The quantitative estimate of drug-likeness (QED) is 0.527. The number of fused-ring (bicyclic) bond motifs is 2. The molecule has 3 aromatic rings.